The van der Waals surface area contributed by atoms with Crippen molar-refractivity contribution in [3.8, 4) is 0 Å². The average Bonchev–Trinajstić information content (AvgIpc) is 2.26. The summed E-state index contributed by atoms with van der Waals surface area (Å²) in [6.07, 6.45) is 0. The quantitative estimate of drug-likeness (QED) is 0.526. The van der Waals surface area contributed by atoms with E-state index in [1.807, 2.05) is 0 Å². The van der Waals surface area contributed by atoms with E-state index in [4.69, 9.17) is 17.3 Å². The number of benzene rings is 1. The molecule has 3 nitrogen and oxygen atoms in total. The molecule has 1 aromatic carbocycles. The molecule has 0 atom stereocenters. The molecule has 0 heterocycles. The molecular formula is C10H9ClF3NO2S. The van der Waals surface area contributed by atoms with E-state index in [-0.39, 0.29) is 34.7 Å². The molecule has 8 heteroatoms. The Morgan fingerprint density at radius 1 is 1.44 bits per heavy atom. The minimum absolute atomic E-state index is 0.0358. The van der Waals surface area contributed by atoms with Crippen molar-refractivity contribution in [3.63, 3.8) is 0 Å². The molecule has 0 spiro atoms. The summed E-state index contributed by atoms with van der Waals surface area (Å²) < 4.78 is 40.1. The van der Waals surface area contributed by atoms with Crippen LogP contribution in [-0.2, 0) is 4.74 Å². The molecule has 0 aromatic heterocycles. The Morgan fingerprint density at radius 3 is 2.72 bits per heavy atom. The number of anilines is 1. The van der Waals surface area contributed by atoms with Gasteiger partial charge in [-0.25, -0.2) is 4.79 Å². The lowest BCUT2D eigenvalue weighted by molar-refractivity contribution is -0.0331. The van der Waals surface area contributed by atoms with Gasteiger partial charge in [0.15, 0.2) is 0 Å². The number of rotatable bonds is 4. The van der Waals surface area contributed by atoms with E-state index in [1.54, 1.807) is 0 Å². The predicted octanol–water partition coefficient (Wildman–Crippen LogP) is 3.33. The first-order valence-electron chi connectivity index (χ1n) is 4.72. The van der Waals surface area contributed by atoms with Crippen LogP contribution < -0.4 is 5.73 Å². The molecule has 18 heavy (non-hydrogen) atoms. The van der Waals surface area contributed by atoms with Crippen molar-refractivity contribution < 1.29 is 22.7 Å². The van der Waals surface area contributed by atoms with Crippen molar-refractivity contribution in [3.05, 3.63) is 28.8 Å². The van der Waals surface area contributed by atoms with Crippen LogP contribution in [0.2, 0.25) is 5.02 Å². The van der Waals surface area contributed by atoms with Crippen LogP contribution >= 0.6 is 23.4 Å². The van der Waals surface area contributed by atoms with Crippen molar-refractivity contribution in [1.82, 2.24) is 0 Å². The molecule has 0 unspecified atom stereocenters. The van der Waals surface area contributed by atoms with Crippen molar-refractivity contribution >= 4 is 35.0 Å². The first kappa shape index (κ1) is 15.0. The van der Waals surface area contributed by atoms with E-state index >= 15 is 0 Å². The van der Waals surface area contributed by atoms with Crippen LogP contribution in [0.25, 0.3) is 0 Å². The van der Waals surface area contributed by atoms with Gasteiger partial charge < -0.3 is 10.5 Å². The van der Waals surface area contributed by atoms with Crippen LogP contribution in [-0.4, -0.2) is 23.8 Å². The number of nitrogen functional groups attached to an aromatic ring is 1. The summed E-state index contributed by atoms with van der Waals surface area (Å²) in [7, 11) is 0. The molecule has 0 amide bonds. The molecule has 0 aliphatic carbocycles. The van der Waals surface area contributed by atoms with Gasteiger partial charge in [-0.1, -0.05) is 11.6 Å². The largest absolute Gasteiger partial charge is 0.461 e. The molecular weight excluding hydrogens is 291 g/mol. The summed E-state index contributed by atoms with van der Waals surface area (Å²) in [5.74, 6) is -1.16. The minimum atomic E-state index is -4.33. The molecule has 0 saturated heterocycles. The lowest BCUT2D eigenvalue weighted by atomic mass is 10.2. The van der Waals surface area contributed by atoms with Gasteiger partial charge in [0, 0.05) is 11.4 Å². The summed E-state index contributed by atoms with van der Waals surface area (Å²) >= 11 is 5.48. The standard InChI is InChI=1S/C10H9ClF3NO2S/c11-8-2-1-6(15)5-7(8)9(16)17-3-4-18-10(12,13)14/h1-2,5H,3-4,15H2. The number of carbonyl (C=O) groups excluding carboxylic acids is 1. The van der Waals surface area contributed by atoms with Gasteiger partial charge in [-0.15, -0.1) is 0 Å². The molecule has 0 aliphatic rings. The van der Waals surface area contributed by atoms with E-state index in [0.29, 0.717) is 5.69 Å². The maximum Gasteiger partial charge on any atom is 0.441 e. The highest BCUT2D eigenvalue weighted by Crippen LogP contribution is 2.29. The van der Waals surface area contributed by atoms with Crippen LogP contribution in [0.4, 0.5) is 18.9 Å². The number of halogens is 4. The third kappa shape index (κ3) is 5.05. The zero-order valence-corrected chi connectivity index (χ0v) is 10.5. The Hall–Kier alpha value is -1.08. The zero-order valence-electron chi connectivity index (χ0n) is 8.96. The highest BCUT2D eigenvalue weighted by Gasteiger charge is 2.27. The van der Waals surface area contributed by atoms with Crippen LogP contribution in [0, 0.1) is 0 Å². The number of thioether (sulfide) groups is 1. The lowest BCUT2D eigenvalue weighted by Gasteiger charge is -2.08. The Labute approximate surface area is 110 Å². The molecule has 0 fully saturated rings. The predicted molar refractivity (Wildman–Crippen MR) is 64.7 cm³/mol. The maximum absolute atomic E-state index is 11.8. The molecule has 2 N–H and O–H groups in total. The maximum atomic E-state index is 11.8. The normalized spacial score (nSPS) is 11.3. The topological polar surface area (TPSA) is 52.3 Å². The molecule has 1 rings (SSSR count). The van der Waals surface area contributed by atoms with Gasteiger partial charge in [0.05, 0.1) is 10.6 Å². The van der Waals surface area contributed by atoms with Gasteiger partial charge in [0.25, 0.3) is 0 Å². The lowest BCUT2D eigenvalue weighted by Crippen LogP contribution is -2.11. The number of esters is 1. The van der Waals surface area contributed by atoms with Gasteiger partial charge in [-0.2, -0.15) is 13.2 Å². The molecule has 1 aromatic rings. The number of carbonyl (C=O) groups is 1. The van der Waals surface area contributed by atoms with Gasteiger partial charge in [0.1, 0.15) is 6.61 Å². The molecule has 0 saturated carbocycles. The van der Waals surface area contributed by atoms with Crippen molar-refractivity contribution in [1.29, 1.82) is 0 Å². The van der Waals surface area contributed by atoms with Crippen molar-refractivity contribution in [2.75, 3.05) is 18.1 Å². The summed E-state index contributed by atoms with van der Waals surface area (Å²) in [5, 5.41) is 0.137. The Morgan fingerprint density at radius 2 is 2.11 bits per heavy atom. The Bertz CT molecular complexity index is 440. The van der Waals surface area contributed by atoms with E-state index < -0.39 is 11.5 Å². The summed E-state index contributed by atoms with van der Waals surface area (Å²) in [6.45, 7) is -0.353. The van der Waals surface area contributed by atoms with Crippen LogP contribution in [0.1, 0.15) is 10.4 Å². The van der Waals surface area contributed by atoms with E-state index in [0.717, 1.165) is 0 Å². The number of alkyl halides is 3. The molecule has 0 aliphatic heterocycles. The third-order valence-electron chi connectivity index (χ3n) is 1.79. The fourth-order valence-electron chi connectivity index (χ4n) is 1.07. The second kappa shape index (κ2) is 6.19. The van der Waals surface area contributed by atoms with Gasteiger partial charge in [0.2, 0.25) is 0 Å². The highest BCUT2D eigenvalue weighted by molar-refractivity contribution is 8.00. The number of ether oxygens (including phenoxy) is 1. The highest BCUT2D eigenvalue weighted by atomic mass is 35.5. The van der Waals surface area contributed by atoms with Crippen LogP contribution in [0.5, 0.6) is 0 Å². The molecule has 100 valence electrons. The van der Waals surface area contributed by atoms with Gasteiger partial charge in [-0.3, -0.25) is 0 Å². The molecule has 0 radical (unpaired) electrons. The van der Waals surface area contributed by atoms with Crippen LogP contribution in [0.15, 0.2) is 18.2 Å². The van der Waals surface area contributed by atoms with Crippen LogP contribution in [0.3, 0.4) is 0 Å². The second-order valence-electron chi connectivity index (χ2n) is 3.17. The third-order valence-corrected chi connectivity index (χ3v) is 2.82. The smallest absolute Gasteiger partial charge is 0.441 e. The fraction of sp³-hybridized carbons (Fsp3) is 0.300. The Kier molecular flexibility index (Phi) is 5.15. The summed E-state index contributed by atoms with van der Waals surface area (Å²) in [6, 6.07) is 4.22. The Balaban J connectivity index is 2.48. The first-order chi connectivity index (χ1) is 8.29. The number of nitrogens with two attached hydrogens (primary N) is 1. The molecule has 0 bridgehead atoms. The van der Waals surface area contributed by atoms with E-state index in [1.165, 1.54) is 18.2 Å². The van der Waals surface area contributed by atoms with Gasteiger partial charge >= 0.3 is 11.5 Å². The van der Waals surface area contributed by atoms with E-state index in [9.17, 15) is 18.0 Å². The summed E-state index contributed by atoms with van der Waals surface area (Å²) in [4.78, 5) is 11.5. The number of hydrogen-bond acceptors (Lipinski definition) is 4. The zero-order chi connectivity index (χ0) is 13.8. The monoisotopic (exact) mass is 299 g/mol. The second-order valence-corrected chi connectivity index (χ2v) is 4.74. The fourth-order valence-corrected chi connectivity index (χ4v) is 1.66. The van der Waals surface area contributed by atoms with Crippen molar-refractivity contribution in [2.24, 2.45) is 0 Å². The van der Waals surface area contributed by atoms with Gasteiger partial charge in [-0.05, 0) is 30.0 Å². The average molecular weight is 300 g/mol. The minimum Gasteiger partial charge on any atom is -0.461 e. The van der Waals surface area contributed by atoms with E-state index in [2.05, 4.69) is 4.74 Å². The number of hydrogen-bond donors (Lipinski definition) is 1. The summed E-state index contributed by atoms with van der Waals surface area (Å²) in [5.41, 5.74) is 1.48. The van der Waals surface area contributed by atoms with Crippen molar-refractivity contribution in [2.45, 2.75) is 5.51 Å². The SMILES string of the molecule is Nc1ccc(Cl)c(C(=O)OCCSC(F)(F)F)c1. The first-order valence-corrected chi connectivity index (χ1v) is 6.09.